The molecule has 0 amide bonds. The maximum atomic E-state index is 6.06. The van der Waals surface area contributed by atoms with Gasteiger partial charge >= 0.3 is 0 Å². The van der Waals surface area contributed by atoms with Gasteiger partial charge in [0.15, 0.2) is 8.38 Å². The third-order valence-corrected chi connectivity index (χ3v) is 5.18. The topological polar surface area (TPSA) is 30.5 Å². The Morgan fingerprint density at radius 3 is 2.05 bits per heavy atom. The average molecular weight is 315 g/mol. The van der Waals surface area contributed by atoms with E-state index in [9.17, 15) is 0 Å². The Morgan fingerprint density at radius 1 is 0.909 bits per heavy atom. The van der Waals surface area contributed by atoms with E-state index in [2.05, 4.69) is 55.6 Å². The molecule has 1 aliphatic rings. The Kier molecular flexibility index (Phi) is 4.77. The van der Waals surface area contributed by atoms with E-state index in [1.54, 1.807) is 0 Å². The summed E-state index contributed by atoms with van der Waals surface area (Å²) in [6.07, 6.45) is 0. The van der Waals surface area contributed by atoms with E-state index in [1.165, 1.54) is 5.56 Å². The van der Waals surface area contributed by atoms with Crippen molar-refractivity contribution in [3.8, 4) is 0 Å². The van der Waals surface area contributed by atoms with Gasteiger partial charge in [0, 0.05) is 11.1 Å². The van der Waals surface area contributed by atoms with Gasteiger partial charge in [0.1, 0.15) is 5.78 Å². The van der Waals surface area contributed by atoms with Crippen LogP contribution in [-0.4, -0.2) is 13.2 Å². The molecular weight excluding hydrogens is 293 g/mol. The molecule has 0 spiro atoms. The second-order valence-corrected chi connectivity index (χ2v) is 7.92. The molecule has 3 rings (SSSR count). The van der Waals surface area contributed by atoms with E-state index in [4.69, 9.17) is 9.05 Å². The monoisotopic (exact) mass is 315 g/mol. The lowest BCUT2D eigenvalue weighted by Gasteiger charge is -2.37. The van der Waals surface area contributed by atoms with Crippen molar-refractivity contribution in [2.75, 3.05) is 18.5 Å². The highest BCUT2D eigenvalue weighted by molar-refractivity contribution is 7.47. The Hall–Kier alpha value is -1.41. The molecule has 22 heavy (non-hydrogen) atoms. The number of hydrogen-bond acceptors (Lipinski definition) is 3. The van der Waals surface area contributed by atoms with Gasteiger partial charge in [-0.25, -0.2) is 0 Å². The van der Waals surface area contributed by atoms with Gasteiger partial charge in [-0.15, -0.1) is 0 Å². The van der Waals surface area contributed by atoms with Gasteiger partial charge in [-0.2, -0.15) is 0 Å². The molecule has 1 fully saturated rings. The van der Waals surface area contributed by atoms with Gasteiger partial charge < -0.3 is 14.4 Å². The molecule has 0 aliphatic carbocycles. The molecule has 4 heteroatoms. The molecule has 1 atom stereocenters. The lowest BCUT2D eigenvalue weighted by atomic mass is 9.97. The van der Waals surface area contributed by atoms with Crippen LogP contribution in [0.2, 0.25) is 0 Å². The number of para-hydroxylation sites is 1. The molecule has 3 nitrogen and oxygen atoms in total. The van der Waals surface area contributed by atoms with Gasteiger partial charge in [-0.05, 0) is 17.7 Å². The van der Waals surface area contributed by atoms with Gasteiger partial charge in [-0.1, -0.05) is 62.4 Å². The van der Waals surface area contributed by atoms with Crippen molar-refractivity contribution in [2.45, 2.75) is 19.6 Å². The van der Waals surface area contributed by atoms with Gasteiger partial charge in [0.2, 0.25) is 0 Å². The van der Waals surface area contributed by atoms with Crippen LogP contribution in [0.4, 0.5) is 5.69 Å². The predicted molar refractivity (Wildman–Crippen MR) is 91.9 cm³/mol. The molecule has 2 aromatic carbocycles. The molecule has 0 unspecified atom stereocenters. The molecule has 1 aliphatic heterocycles. The van der Waals surface area contributed by atoms with Crippen LogP contribution in [0.15, 0.2) is 60.7 Å². The Balaban J connectivity index is 1.81. The van der Waals surface area contributed by atoms with Gasteiger partial charge in [0.25, 0.3) is 0 Å². The van der Waals surface area contributed by atoms with Gasteiger partial charge in [-0.3, -0.25) is 0 Å². The molecule has 0 saturated carbocycles. The highest BCUT2D eigenvalue weighted by Crippen LogP contribution is 2.56. The lowest BCUT2D eigenvalue weighted by molar-refractivity contribution is 0.0595. The van der Waals surface area contributed by atoms with Crippen LogP contribution in [0.3, 0.4) is 0 Å². The maximum Gasteiger partial charge on any atom is 0.199 e. The summed E-state index contributed by atoms with van der Waals surface area (Å²) in [5.41, 5.74) is 2.36. The summed E-state index contributed by atoms with van der Waals surface area (Å²) < 4.78 is 12.1. The normalized spacial score (nSPS) is 19.5. The number of benzene rings is 2. The fraction of sp³-hybridized carbons (Fsp3) is 0.333. The van der Waals surface area contributed by atoms with E-state index in [0.717, 1.165) is 18.9 Å². The zero-order chi connectivity index (χ0) is 15.4. The molecule has 2 aromatic rings. The van der Waals surface area contributed by atoms with Crippen LogP contribution in [0.5, 0.6) is 0 Å². The Labute approximate surface area is 133 Å². The SMILES string of the molecule is CC1(C)COP([C@@H](Nc2ccccc2)c2ccccc2)OC1. The summed E-state index contributed by atoms with van der Waals surface area (Å²) in [6, 6.07) is 20.6. The van der Waals surface area contributed by atoms with E-state index in [1.807, 2.05) is 24.3 Å². The number of anilines is 1. The molecule has 1 saturated heterocycles. The summed E-state index contributed by atoms with van der Waals surface area (Å²) in [5, 5.41) is 3.57. The quantitative estimate of drug-likeness (QED) is 0.788. The van der Waals surface area contributed by atoms with Crippen molar-refractivity contribution in [1.29, 1.82) is 0 Å². The highest BCUT2D eigenvalue weighted by atomic mass is 31.2. The van der Waals surface area contributed by atoms with Crippen molar-refractivity contribution >= 4 is 14.1 Å². The lowest BCUT2D eigenvalue weighted by Crippen LogP contribution is -2.30. The second-order valence-electron chi connectivity index (χ2n) is 6.32. The third kappa shape index (κ3) is 3.86. The van der Waals surface area contributed by atoms with Crippen molar-refractivity contribution < 1.29 is 9.05 Å². The second kappa shape index (κ2) is 6.78. The zero-order valence-corrected chi connectivity index (χ0v) is 13.9. The van der Waals surface area contributed by atoms with Crippen LogP contribution in [-0.2, 0) is 9.05 Å². The average Bonchev–Trinajstić information content (AvgIpc) is 2.55. The first-order valence-electron chi connectivity index (χ1n) is 7.56. The maximum absolute atomic E-state index is 6.06. The smallest absolute Gasteiger partial charge is 0.199 e. The van der Waals surface area contributed by atoms with Crippen LogP contribution in [0.25, 0.3) is 0 Å². The minimum Gasteiger partial charge on any atom is -0.370 e. The summed E-state index contributed by atoms with van der Waals surface area (Å²) in [5.74, 6) is 0.0368. The zero-order valence-electron chi connectivity index (χ0n) is 13.0. The molecule has 0 radical (unpaired) electrons. The largest absolute Gasteiger partial charge is 0.370 e. The standard InChI is InChI=1S/C18H22NO2P/c1-18(2)13-20-22(21-14-18)17(15-9-5-3-6-10-15)19-16-11-7-4-8-12-16/h3-12,17,19H,13-14H2,1-2H3/t17-/m1/s1. The number of nitrogens with one attached hydrogen (secondary N) is 1. The fourth-order valence-electron chi connectivity index (χ4n) is 2.29. The number of rotatable bonds is 4. The van der Waals surface area contributed by atoms with Crippen LogP contribution >= 0.6 is 8.38 Å². The molecule has 0 aromatic heterocycles. The van der Waals surface area contributed by atoms with Crippen molar-refractivity contribution in [2.24, 2.45) is 5.41 Å². The molecular formula is C18H22NO2P. The van der Waals surface area contributed by atoms with E-state index >= 15 is 0 Å². The predicted octanol–water partition coefficient (Wildman–Crippen LogP) is 5.18. The summed E-state index contributed by atoms with van der Waals surface area (Å²) in [6.45, 7) is 5.81. The van der Waals surface area contributed by atoms with Crippen LogP contribution in [0, 0.1) is 5.41 Å². The third-order valence-electron chi connectivity index (χ3n) is 3.57. The first-order valence-corrected chi connectivity index (χ1v) is 8.80. The number of hydrogen-bond donors (Lipinski definition) is 1. The summed E-state index contributed by atoms with van der Waals surface area (Å²) >= 11 is 0. The highest BCUT2D eigenvalue weighted by Gasteiger charge is 2.34. The summed E-state index contributed by atoms with van der Waals surface area (Å²) in [4.78, 5) is 0. The van der Waals surface area contributed by atoms with Crippen molar-refractivity contribution in [3.63, 3.8) is 0 Å². The van der Waals surface area contributed by atoms with Gasteiger partial charge in [0.05, 0.1) is 13.2 Å². The molecule has 1 heterocycles. The first kappa shape index (κ1) is 15.5. The van der Waals surface area contributed by atoms with E-state index in [-0.39, 0.29) is 11.2 Å². The minimum atomic E-state index is -1.00. The molecule has 1 N–H and O–H groups in total. The first-order chi connectivity index (χ1) is 10.6. The van der Waals surface area contributed by atoms with E-state index in [0.29, 0.717) is 0 Å². The van der Waals surface area contributed by atoms with E-state index < -0.39 is 8.38 Å². The van der Waals surface area contributed by atoms with Crippen LogP contribution in [0.1, 0.15) is 25.2 Å². The molecule has 0 bridgehead atoms. The Morgan fingerprint density at radius 2 is 1.45 bits per heavy atom. The fourth-order valence-corrected chi connectivity index (χ4v) is 4.29. The van der Waals surface area contributed by atoms with Crippen molar-refractivity contribution in [1.82, 2.24) is 0 Å². The summed E-state index contributed by atoms with van der Waals surface area (Å²) in [7, 11) is -1.00. The van der Waals surface area contributed by atoms with Crippen LogP contribution < -0.4 is 5.32 Å². The Bertz CT molecular complexity index is 579. The minimum absolute atomic E-state index is 0.0368. The van der Waals surface area contributed by atoms with Crippen molar-refractivity contribution in [3.05, 3.63) is 66.2 Å². The molecule has 116 valence electrons.